The maximum atomic E-state index is 13.4. The summed E-state index contributed by atoms with van der Waals surface area (Å²) in [5.41, 5.74) is -2.44. The molecule has 1 fully saturated rings. The van der Waals surface area contributed by atoms with E-state index in [1.165, 1.54) is 7.11 Å². The van der Waals surface area contributed by atoms with Gasteiger partial charge in [-0.05, 0) is 45.4 Å². The van der Waals surface area contributed by atoms with Crippen LogP contribution < -0.4 is 0 Å². The summed E-state index contributed by atoms with van der Waals surface area (Å²) in [5, 5.41) is 0. The van der Waals surface area contributed by atoms with E-state index in [-0.39, 0.29) is 38.2 Å². The highest BCUT2D eigenvalue weighted by molar-refractivity contribution is 5.78. The van der Waals surface area contributed by atoms with Gasteiger partial charge in [0, 0.05) is 7.11 Å². The van der Waals surface area contributed by atoms with Crippen LogP contribution in [0.3, 0.4) is 0 Å². The average Bonchev–Trinajstić information content (AvgIpc) is 2.91. The molecule has 1 aliphatic carbocycles. The molecule has 1 rings (SSSR count). The first-order chi connectivity index (χ1) is 11.1. The minimum absolute atomic E-state index is 0.217. The number of carbonyl (C=O) groups excluding carboxylic acids is 2. The number of alkyl halides is 3. The Hall–Kier alpha value is -1.31. The minimum Gasteiger partial charge on any atom is -0.468 e. The van der Waals surface area contributed by atoms with Gasteiger partial charge in [0.05, 0.1) is 25.7 Å². The predicted octanol–water partition coefficient (Wildman–Crippen LogP) is 3.11. The summed E-state index contributed by atoms with van der Waals surface area (Å²) in [4.78, 5) is 23.5. The van der Waals surface area contributed by atoms with E-state index in [9.17, 15) is 22.8 Å². The van der Waals surface area contributed by atoms with Gasteiger partial charge in [0.1, 0.15) is 0 Å². The molecular weight excluding hydrogens is 329 g/mol. The van der Waals surface area contributed by atoms with Gasteiger partial charge in [-0.25, -0.2) is 0 Å². The Morgan fingerprint density at radius 1 is 1.25 bits per heavy atom. The average molecular weight is 354 g/mol. The Labute approximate surface area is 139 Å². The summed E-state index contributed by atoms with van der Waals surface area (Å²) >= 11 is 0. The van der Waals surface area contributed by atoms with Gasteiger partial charge >= 0.3 is 18.1 Å². The Balaban J connectivity index is 2.65. The fourth-order valence-corrected chi connectivity index (χ4v) is 3.25. The fourth-order valence-electron chi connectivity index (χ4n) is 3.25. The molecule has 0 aromatic heterocycles. The van der Waals surface area contributed by atoms with Crippen molar-refractivity contribution in [2.45, 2.75) is 51.8 Å². The molecule has 24 heavy (non-hydrogen) atoms. The molecule has 8 heteroatoms. The first kappa shape index (κ1) is 20.7. The van der Waals surface area contributed by atoms with Crippen LogP contribution in [0.1, 0.15) is 39.5 Å². The SMILES string of the molecule is COCC(C)C(=O)OC(C)CC1CCC(C(=O)OC)(C(F)(F)F)C1. The van der Waals surface area contributed by atoms with E-state index < -0.39 is 35.6 Å². The zero-order chi connectivity index (χ0) is 18.5. The smallest absolute Gasteiger partial charge is 0.404 e. The second-order valence-electron chi connectivity index (χ2n) is 6.52. The highest BCUT2D eigenvalue weighted by Crippen LogP contribution is 2.54. The highest BCUT2D eigenvalue weighted by atomic mass is 19.4. The van der Waals surface area contributed by atoms with E-state index in [0.29, 0.717) is 0 Å². The van der Waals surface area contributed by atoms with Crippen molar-refractivity contribution >= 4 is 11.9 Å². The van der Waals surface area contributed by atoms with Crippen molar-refractivity contribution in [2.75, 3.05) is 20.8 Å². The molecule has 0 heterocycles. The molecule has 0 amide bonds. The number of rotatable bonds is 7. The maximum Gasteiger partial charge on any atom is 0.404 e. The van der Waals surface area contributed by atoms with Gasteiger partial charge in [-0.15, -0.1) is 0 Å². The molecule has 140 valence electrons. The molecule has 5 nitrogen and oxygen atoms in total. The van der Waals surface area contributed by atoms with Crippen molar-refractivity contribution in [1.82, 2.24) is 0 Å². The largest absolute Gasteiger partial charge is 0.468 e. The van der Waals surface area contributed by atoms with E-state index in [4.69, 9.17) is 9.47 Å². The second-order valence-corrected chi connectivity index (χ2v) is 6.52. The lowest BCUT2D eigenvalue weighted by molar-refractivity contribution is -0.232. The molecule has 0 bridgehead atoms. The summed E-state index contributed by atoms with van der Waals surface area (Å²) in [6.45, 7) is 3.51. The first-order valence-corrected chi connectivity index (χ1v) is 7.92. The van der Waals surface area contributed by atoms with Crippen LogP contribution in [0.4, 0.5) is 13.2 Å². The van der Waals surface area contributed by atoms with Gasteiger partial charge < -0.3 is 14.2 Å². The molecule has 0 aliphatic heterocycles. The lowest BCUT2D eigenvalue weighted by Gasteiger charge is -2.29. The van der Waals surface area contributed by atoms with E-state index in [1.807, 2.05) is 0 Å². The van der Waals surface area contributed by atoms with Gasteiger partial charge in [0.15, 0.2) is 5.41 Å². The van der Waals surface area contributed by atoms with Crippen LogP contribution in [0, 0.1) is 17.3 Å². The Kier molecular flexibility index (Phi) is 7.07. The third-order valence-electron chi connectivity index (χ3n) is 4.54. The first-order valence-electron chi connectivity index (χ1n) is 7.92. The van der Waals surface area contributed by atoms with Crippen LogP contribution in [0.2, 0.25) is 0 Å². The van der Waals surface area contributed by atoms with E-state index in [0.717, 1.165) is 7.11 Å². The van der Waals surface area contributed by atoms with Crippen molar-refractivity contribution in [3.05, 3.63) is 0 Å². The van der Waals surface area contributed by atoms with Crippen molar-refractivity contribution in [2.24, 2.45) is 17.3 Å². The van der Waals surface area contributed by atoms with Crippen molar-refractivity contribution in [3.8, 4) is 0 Å². The molecule has 0 spiro atoms. The fraction of sp³-hybridized carbons (Fsp3) is 0.875. The number of hydrogen-bond acceptors (Lipinski definition) is 5. The van der Waals surface area contributed by atoms with Gasteiger partial charge in [0.2, 0.25) is 0 Å². The van der Waals surface area contributed by atoms with Crippen LogP contribution in [0.25, 0.3) is 0 Å². The Morgan fingerprint density at radius 2 is 1.88 bits per heavy atom. The highest BCUT2D eigenvalue weighted by Gasteiger charge is 2.64. The molecule has 0 radical (unpaired) electrons. The van der Waals surface area contributed by atoms with E-state index in [1.54, 1.807) is 13.8 Å². The maximum absolute atomic E-state index is 13.4. The topological polar surface area (TPSA) is 61.8 Å². The van der Waals surface area contributed by atoms with Crippen LogP contribution >= 0.6 is 0 Å². The van der Waals surface area contributed by atoms with Crippen LogP contribution in [-0.4, -0.2) is 45.0 Å². The zero-order valence-electron chi connectivity index (χ0n) is 14.4. The lowest BCUT2D eigenvalue weighted by atomic mass is 9.83. The number of halogens is 3. The Morgan fingerprint density at radius 3 is 2.38 bits per heavy atom. The van der Waals surface area contributed by atoms with Crippen LogP contribution in [0.15, 0.2) is 0 Å². The summed E-state index contributed by atoms with van der Waals surface area (Å²) in [7, 11) is 2.43. The standard InChI is InChI=1S/C16H25F3O5/c1-10(9-22-3)13(20)24-11(2)7-12-5-6-15(8-12,14(21)23-4)16(17,18)19/h10-12H,5-9H2,1-4H3. The van der Waals surface area contributed by atoms with Crippen molar-refractivity contribution < 1.29 is 37.0 Å². The molecule has 0 aromatic carbocycles. The van der Waals surface area contributed by atoms with E-state index in [2.05, 4.69) is 4.74 Å². The lowest BCUT2D eigenvalue weighted by Crippen LogP contribution is -2.44. The number of esters is 2. The van der Waals surface area contributed by atoms with E-state index >= 15 is 0 Å². The number of ether oxygens (including phenoxy) is 3. The Bertz CT molecular complexity index is 451. The third-order valence-corrected chi connectivity index (χ3v) is 4.54. The van der Waals surface area contributed by atoms with Gasteiger partial charge in [-0.2, -0.15) is 13.2 Å². The summed E-state index contributed by atoms with van der Waals surface area (Å²) in [6.07, 6.45) is -5.29. The monoisotopic (exact) mass is 354 g/mol. The van der Waals surface area contributed by atoms with Gasteiger partial charge in [-0.1, -0.05) is 0 Å². The summed E-state index contributed by atoms with van der Waals surface area (Å²) in [5.74, 6) is -2.48. The molecule has 4 atom stereocenters. The summed E-state index contributed by atoms with van der Waals surface area (Å²) < 4.78 is 54.6. The molecule has 0 N–H and O–H groups in total. The molecule has 1 saturated carbocycles. The van der Waals surface area contributed by atoms with Gasteiger partial charge in [0.25, 0.3) is 0 Å². The van der Waals surface area contributed by atoms with Crippen molar-refractivity contribution in [3.63, 3.8) is 0 Å². The molecular formula is C16H25F3O5. The molecule has 4 unspecified atom stereocenters. The van der Waals surface area contributed by atoms with Crippen LogP contribution in [-0.2, 0) is 23.8 Å². The minimum atomic E-state index is -4.65. The molecule has 1 aliphatic rings. The molecule has 0 aromatic rings. The predicted molar refractivity (Wildman–Crippen MR) is 79.1 cm³/mol. The quantitative estimate of drug-likeness (QED) is 0.658. The number of hydrogen-bond donors (Lipinski definition) is 0. The third kappa shape index (κ3) is 4.62. The number of methoxy groups -OCH3 is 2. The summed E-state index contributed by atoms with van der Waals surface area (Å²) in [6, 6.07) is 0. The van der Waals surface area contributed by atoms with Crippen molar-refractivity contribution in [1.29, 1.82) is 0 Å². The van der Waals surface area contributed by atoms with Crippen LogP contribution in [0.5, 0.6) is 0 Å². The molecule has 0 saturated heterocycles. The normalized spacial score (nSPS) is 26.7. The van der Waals surface area contributed by atoms with Gasteiger partial charge in [-0.3, -0.25) is 9.59 Å². The zero-order valence-corrected chi connectivity index (χ0v) is 14.4. The number of carbonyl (C=O) groups is 2. The second kappa shape index (κ2) is 8.18.